The third-order valence-electron chi connectivity index (χ3n) is 3.88. The van der Waals surface area contributed by atoms with E-state index in [2.05, 4.69) is 12.1 Å². The summed E-state index contributed by atoms with van der Waals surface area (Å²) in [5.41, 5.74) is 3.79. The first-order valence-corrected chi connectivity index (χ1v) is 6.66. The van der Waals surface area contributed by atoms with E-state index in [1.54, 1.807) is 38.1 Å². The van der Waals surface area contributed by atoms with Crippen molar-refractivity contribution in [3.63, 3.8) is 0 Å². The van der Waals surface area contributed by atoms with Gasteiger partial charge in [-0.3, -0.25) is 9.59 Å². The largest absolute Gasteiger partial charge is 0.285 e. The molecule has 0 heterocycles. The molecule has 3 rings (SSSR count). The predicted octanol–water partition coefficient (Wildman–Crippen LogP) is 3.09. The van der Waals surface area contributed by atoms with Gasteiger partial charge in [0.2, 0.25) is 11.6 Å². The van der Waals surface area contributed by atoms with Crippen LogP contribution in [0.2, 0.25) is 0 Å². The van der Waals surface area contributed by atoms with Crippen LogP contribution in [0, 0.1) is 36.5 Å². The molecule has 0 N–H and O–H groups in total. The van der Waals surface area contributed by atoms with Crippen molar-refractivity contribution in [2.75, 3.05) is 0 Å². The number of carbonyl (C=O) groups is 2. The Kier molecular flexibility index (Phi) is 2.90. The lowest BCUT2D eigenvalue weighted by atomic mass is 9.79. The fourth-order valence-electron chi connectivity index (χ4n) is 2.96. The van der Waals surface area contributed by atoms with E-state index in [1.165, 1.54) is 0 Å². The number of hydrogen-bond donors (Lipinski definition) is 0. The summed E-state index contributed by atoms with van der Waals surface area (Å²) in [5, 5.41) is 18.3. The molecule has 1 aliphatic carbocycles. The number of benzene rings is 2. The summed E-state index contributed by atoms with van der Waals surface area (Å²) in [7, 11) is 0. The van der Waals surface area contributed by atoms with Gasteiger partial charge in [0, 0.05) is 11.1 Å². The lowest BCUT2D eigenvalue weighted by Gasteiger charge is -2.21. The van der Waals surface area contributed by atoms with Crippen molar-refractivity contribution in [3.05, 3.63) is 57.6 Å². The number of nitriles is 2. The van der Waals surface area contributed by atoms with Crippen molar-refractivity contribution < 1.29 is 9.59 Å². The van der Waals surface area contributed by atoms with Crippen molar-refractivity contribution in [2.24, 2.45) is 0 Å². The summed E-state index contributed by atoms with van der Waals surface area (Å²) in [4.78, 5) is 24.8. The highest BCUT2D eigenvalue weighted by Gasteiger charge is 2.33. The quantitative estimate of drug-likeness (QED) is 0.697. The second kappa shape index (κ2) is 4.65. The van der Waals surface area contributed by atoms with Crippen LogP contribution in [-0.2, 0) is 0 Å². The standard InChI is InChI=1S/C18H10N2O2/c1-9-3-11(7-19)5-13-14-6-12(8-20)4-10(2)16(14)18(22)17(21)15(9)13/h3-6H,1-2H3. The SMILES string of the molecule is Cc1cc(C#N)cc2c1C(=O)C(=O)c1c(C)cc(C#N)cc1-2. The maximum Gasteiger partial charge on any atom is 0.234 e. The van der Waals surface area contributed by atoms with Crippen LogP contribution in [0.4, 0.5) is 0 Å². The normalized spacial score (nSPS) is 12.2. The number of carbonyl (C=O) groups excluding carboxylic acids is 2. The summed E-state index contributed by atoms with van der Waals surface area (Å²) >= 11 is 0. The number of nitrogens with zero attached hydrogens (tertiary/aromatic N) is 2. The van der Waals surface area contributed by atoms with Crippen molar-refractivity contribution in [1.29, 1.82) is 10.5 Å². The van der Waals surface area contributed by atoms with Crippen LogP contribution in [0.5, 0.6) is 0 Å². The fourth-order valence-corrected chi connectivity index (χ4v) is 2.96. The van der Waals surface area contributed by atoms with Gasteiger partial charge in [0.1, 0.15) is 0 Å². The molecule has 0 bridgehead atoms. The molecule has 22 heavy (non-hydrogen) atoms. The molecule has 2 aromatic carbocycles. The molecule has 0 spiro atoms. The van der Waals surface area contributed by atoms with Gasteiger partial charge in [-0.15, -0.1) is 0 Å². The smallest absolute Gasteiger partial charge is 0.234 e. The van der Waals surface area contributed by atoms with Gasteiger partial charge < -0.3 is 0 Å². The van der Waals surface area contributed by atoms with Crippen molar-refractivity contribution in [3.8, 4) is 23.3 Å². The average Bonchev–Trinajstić information content (AvgIpc) is 2.51. The predicted molar refractivity (Wildman–Crippen MR) is 79.4 cm³/mol. The zero-order valence-corrected chi connectivity index (χ0v) is 12.0. The maximum absolute atomic E-state index is 12.4. The number of ketones is 2. The Bertz CT molecular complexity index is 877. The van der Waals surface area contributed by atoms with Crippen LogP contribution in [-0.4, -0.2) is 11.6 Å². The zero-order chi connectivity index (χ0) is 16.0. The zero-order valence-electron chi connectivity index (χ0n) is 12.0. The van der Waals surface area contributed by atoms with Gasteiger partial charge in [0.15, 0.2) is 0 Å². The molecule has 4 heteroatoms. The van der Waals surface area contributed by atoms with Gasteiger partial charge in [-0.2, -0.15) is 10.5 Å². The lowest BCUT2D eigenvalue weighted by Crippen LogP contribution is -2.23. The Morgan fingerprint density at radius 1 is 0.727 bits per heavy atom. The molecular weight excluding hydrogens is 276 g/mol. The third kappa shape index (κ3) is 1.75. The summed E-state index contributed by atoms with van der Waals surface area (Å²) in [5.74, 6) is -1.12. The van der Waals surface area contributed by atoms with Gasteiger partial charge in [-0.1, -0.05) is 0 Å². The lowest BCUT2D eigenvalue weighted by molar-refractivity contribution is 0.0814. The summed E-state index contributed by atoms with van der Waals surface area (Å²) in [6, 6.07) is 10.5. The van der Waals surface area contributed by atoms with E-state index in [9.17, 15) is 9.59 Å². The van der Waals surface area contributed by atoms with E-state index in [4.69, 9.17) is 10.5 Å². The summed E-state index contributed by atoms with van der Waals surface area (Å²) in [6.07, 6.45) is 0. The van der Waals surface area contributed by atoms with E-state index in [-0.39, 0.29) is 0 Å². The van der Waals surface area contributed by atoms with E-state index >= 15 is 0 Å². The number of fused-ring (bicyclic) bond motifs is 3. The molecular formula is C18H10N2O2. The Labute approximate surface area is 127 Å². The van der Waals surface area contributed by atoms with Crippen LogP contribution in [0.3, 0.4) is 0 Å². The fraction of sp³-hybridized carbons (Fsp3) is 0.111. The van der Waals surface area contributed by atoms with Crippen LogP contribution in [0.15, 0.2) is 24.3 Å². The minimum atomic E-state index is -0.558. The molecule has 104 valence electrons. The minimum Gasteiger partial charge on any atom is -0.285 e. The van der Waals surface area contributed by atoms with Gasteiger partial charge in [-0.05, 0) is 60.4 Å². The van der Waals surface area contributed by atoms with Crippen LogP contribution >= 0.6 is 0 Å². The molecule has 0 saturated carbocycles. The van der Waals surface area contributed by atoms with E-state index < -0.39 is 11.6 Å². The summed E-state index contributed by atoms with van der Waals surface area (Å²) in [6.45, 7) is 3.41. The molecule has 0 saturated heterocycles. The number of hydrogen-bond acceptors (Lipinski definition) is 4. The number of rotatable bonds is 0. The van der Waals surface area contributed by atoms with E-state index in [0.29, 0.717) is 44.5 Å². The molecule has 1 aliphatic rings. The first-order valence-electron chi connectivity index (χ1n) is 6.66. The van der Waals surface area contributed by atoms with Gasteiger partial charge >= 0.3 is 0 Å². The first kappa shape index (κ1) is 13.7. The number of Topliss-reactive ketones (excluding diaryl/α,β-unsaturated/α-hetero) is 2. The van der Waals surface area contributed by atoms with Gasteiger partial charge in [0.05, 0.1) is 23.3 Å². The minimum absolute atomic E-state index is 0.325. The molecule has 0 radical (unpaired) electrons. The van der Waals surface area contributed by atoms with Crippen molar-refractivity contribution in [2.45, 2.75) is 13.8 Å². The molecule has 0 aliphatic heterocycles. The Balaban J connectivity index is 2.49. The second-order valence-corrected chi connectivity index (χ2v) is 5.31. The van der Waals surface area contributed by atoms with Crippen molar-refractivity contribution in [1.82, 2.24) is 0 Å². The average molecular weight is 286 g/mol. The topological polar surface area (TPSA) is 81.7 Å². The second-order valence-electron chi connectivity index (χ2n) is 5.31. The first-order chi connectivity index (χ1) is 10.5. The molecule has 0 aromatic heterocycles. The van der Waals surface area contributed by atoms with Crippen molar-refractivity contribution >= 4 is 11.6 Å². The Hall–Kier alpha value is -3.24. The molecule has 0 atom stereocenters. The monoisotopic (exact) mass is 286 g/mol. The molecule has 0 fully saturated rings. The maximum atomic E-state index is 12.4. The highest BCUT2D eigenvalue weighted by atomic mass is 16.2. The van der Waals surface area contributed by atoms with E-state index in [1.807, 2.05) is 0 Å². The van der Waals surface area contributed by atoms with Gasteiger partial charge in [0.25, 0.3) is 0 Å². The van der Waals surface area contributed by atoms with Crippen LogP contribution < -0.4 is 0 Å². The van der Waals surface area contributed by atoms with E-state index in [0.717, 1.165) is 0 Å². The molecule has 4 nitrogen and oxygen atoms in total. The number of aryl methyl sites for hydroxylation is 2. The Morgan fingerprint density at radius 2 is 1.09 bits per heavy atom. The molecule has 0 unspecified atom stereocenters. The van der Waals surface area contributed by atoms with Gasteiger partial charge in [-0.25, -0.2) is 0 Å². The summed E-state index contributed by atoms with van der Waals surface area (Å²) < 4.78 is 0. The Morgan fingerprint density at radius 3 is 1.41 bits per heavy atom. The molecule has 2 aromatic rings. The third-order valence-corrected chi connectivity index (χ3v) is 3.88. The molecule has 0 amide bonds. The van der Waals surface area contributed by atoms with Crippen LogP contribution in [0.1, 0.15) is 43.0 Å². The highest BCUT2D eigenvalue weighted by Crippen LogP contribution is 2.38. The highest BCUT2D eigenvalue weighted by molar-refractivity contribution is 6.53. The van der Waals surface area contributed by atoms with Crippen LogP contribution in [0.25, 0.3) is 11.1 Å².